The van der Waals surface area contributed by atoms with Crippen molar-refractivity contribution in [1.82, 2.24) is 4.90 Å². The van der Waals surface area contributed by atoms with Crippen LogP contribution in [0.2, 0.25) is 0 Å². The molecule has 0 spiro atoms. The third kappa shape index (κ3) is 3.63. The molecule has 130 valence electrons. The molecule has 0 aromatic heterocycles. The van der Waals surface area contributed by atoms with Crippen molar-refractivity contribution in [3.05, 3.63) is 29.8 Å². The van der Waals surface area contributed by atoms with E-state index in [2.05, 4.69) is 5.16 Å². The number of fused-ring (bicyclic) bond motifs is 1. The summed E-state index contributed by atoms with van der Waals surface area (Å²) >= 11 is 0. The Morgan fingerprint density at radius 1 is 1.29 bits per heavy atom. The quantitative estimate of drug-likeness (QED) is 0.854. The highest BCUT2D eigenvalue weighted by atomic mass is 16.6. The molecule has 3 rings (SSSR count). The highest BCUT2D eigenvalue weighted by Gasteiger charge is 2.44. The number of benzene rings is 1. The van der Waals surface area contributed by atoms with Gasteiger partial charge in [-0.15, -0.1) is 0 Å². The van der Waals surface area contributed by atoms with Gasteiger partial charge in [0.15, 0.2) is 6.10 Å². The number of hydrogen-bond acceptors (Lipinski definition) is 5. The van der Waals surface area contributed by atoms with Crippen molar-refractivity contribution in [3.8, 4) is 5.75 Å². The van der Waals surface area contributed by atoms with Gasteiger partial charge in [0, 0.05) is 13.0 Å². The molecule has 1 amide bonds. The maximum Gasteiger partial charge on any atom is 0.410 e. The van der Waals surface area contributed by atoms with Crippen molar-refractivity contribution in [1.29, 1.82) is 0 Å². The number of carbonyl (C=O) groups excluding carboxylic acids is 1. The number of methoxy groups -OCH3 is 1. The van der Waals surface area contributed by atoms with E-state index in [-0.39, 0.29) is 18.1 Å². The number of oxime groups is 1. The summed E-state index contributed by atoms with van der Waals surface area (Å²) in [5, 5.41) is 4.23. The van der Waals surface area contributed by atoms with Crippen LogP contribution in [-0.2, 0) is 16.0 Å². The Labute approximate surface area is 142 Å². The van der Waals surface area contributed by atoms with Crippen LogP contribution in [-0.4, -0.2) is 48.6 Å². The fourth-order valence-corrected chi connectivity index (χ4v) is 3.00. The maximum absolute atomic E-state index is 12.2. The first-order chi connectivity index (χ1) is 11.4. The Hall–Kier alpha value is -2.24. The van der Waals surface area contributed by atoms with Gasteiger partial charge < -0.3 is 19.2 Å². The van der Waals surface area contributed by atoms with E-state index in [1.807, 2.05) is 45.0 Å². The summed E-state index contributed by atoms with van der Waals surface area (Å²) in [4.78, 5) is 19.5. The SMILES string of the molecule is COc1ccc(CC2=NOC3CN(C(=O)OC(C)(C)C)CC23)cc1. The molecule has 2 heterocycles. The van der Waals surface area contributed by atoms with Gasteiger partial charge in [0.05, 0.1) is 25.3 Å². The van der Waals surface area contributed by atoms with Gasteiger partial charge in [-0.05, 0) is 38.5 Å². The predicted octanol–water partition coefficient (Wildman–Crippen LogP) is 2.86. The minimum Gasteiger partial charge on any atom is -0.497 e. The number of ether oxygens (including phenoxy) is 2. The lowest BCUT2D eigenvalue weighted by Gasteiger charge is -2.24. The molecule has 1 aromatic carbocycles. The topological polar surface area (TPSA) is 60.4 Å². The molecule has 2 aliphatic heterocycles. The molecule has 0 radical (unpaired) electrons. The molecule has 0 aliphatic carbocycles. The number of nitrogens with zero attached hydrogens (tertiary/aromatic N) is 2. The standard InChI is InChI=1S/C18H24N2O4/c1-18(2,3)23-17(21)20-10-14-15(19-24-16(14)11-20)9-12-5-7-13(22-4)8-6-12/h5-8,14,16H,9-11H2,1-4H3. The van der Waals surface area contributed by atoms with Crippen molar-refractivity contribution >= 4 is 11.8 Å². The smallest absolute Gasteiger partial charge is 0.410 e. The largest absolute Gasteiger partial charge is 0.497 e. The van der Waals surface area contributed by atoms with E-state index in [1.165, 1.54) is 0 Å². The average Bonchev–Trinajstić information content (AvgIpc) is 3.08. The molecule has 6 nitrogen and oxygen atoms in total. The normalized spacial score (nSPS) is 22.7. The zero-order valence-electron chi connectivity index (χ0n) is 14.6. The van der Waals surface area contributed by atoms with Gasteiger partial charge in [-0.3, -0.25) is 0 Å². The minimum atomic E-state index is -0.490. The highest BCUT2D eigenvalue weighted by molar-refractivity contribution is 5.91. The van der Waals surface area contributed by atoms with Crippen LogP contribution in [0.15, 0.2) is 29.4 Å². The first kappa shape index (κ1) is 16.6. The van der Waals surface area contributed by atoms with Gasteiger partial charge in [0.1, 0.15) is 11.4 Å². The Kier molecular flexibility index (Phi) is 4.39. The van der Waals surface area contributed by atoms with Crippen LogP contribution in [0.4, 0.5) is 4.79 Å². The predicted molar refractivity (Wildman–Crippen MR) is 90.3 cm³/mol. The van der Waals surface area contributed by atoms with E-state index in [4.69, 9.17) is 14.3 Å². The fourth-order valence-electron chi connectivity index (χ4n) is 3.00. The third-order valence-electron chi connectivity index (χ3n) is 4.20. The van der Waals surface area contributed by atoms with E-state index < -0.39 is 5.60 Å². The minimum absolute atomic E-state index is 0.0641. The number of rotatable bonds is 3. The molecular weight excluding hydrogens is 308 g/mol. The Morgan fingerprint density at radius 2 is 2.00 bits per heavy atom. The van der Waals surface area contributed by atoms with Crippen molar-refractivity contribution in [2.45, 2.75) is 38.9 Å². The molecule has 0 saturated carbocycles. The van der Waals surface area contributed by atoms with Crippen molar-refractivity contribution in [2.24, 2.45) is 11.1 Å². The van der Waals surface area contributed by atoms with Crippen LogP contribution in [0, 0.1) is 5.92 Å². The molecule has 1 aromatic rings. The molecule has 2 atom stereocenters. The summed E-state index contributed by atoms with van der Waals surface area (Å²) in [5.74, 6) is 0.970. The highest BCUT2D eigenvalue weighted by Crippen LogP contribution is 2.30. The lowest BCUT2D eigenvalue weighted by Crippen LogP contribution is -2.36. The zero-order valence-corrected chi connectivity index (χ0v) is 14.6. The zero-order chi connectivity index (χ0) is 17.3. The second-order valence-electron chi connectivity index (χ2n) is 7.24. The number of carbonyl (C=O) groups is 1. The molecule has 6 heteroatoms. The van der Waals surface area contributed by atoms with E-state index in [0.717, 1.165) is 17.0 Å². The lowest BCUT2D eigenvalue weighted by atomic mass is 9.95. The Balaban J connectivity index is 1.61. The molecule has 1 saturated heterocycles. The van der Waals surface area contributed by atoms with E-state index in [9.17, 15) is 4.79 Å². The lowest BCUT2D eigenvalue weighted by molar-refractivity contribution is 0.0228. The van der Waals surface area contributed by atoms with Gasteiger partial charge in [0.25, 0.3) is 0 Å². The summed E-state index contributed by atoms with van der Waals surface area (Å²) in [7, 11) is 1.65. The van der Waals surface area contributed by atoms with Gasteiger partial charge in [-0.25, -0.2) is 4.79 Å². The van der Waals surface area contributed by atoms with Crippen LogP contribution in [0.5, 0.6) is 5.75 Å². The van der Waals surface area contributed by atoms with Crippen LogP contribution in [0.1, 0.15) is 26.3 Å². The fraction of sp³-hybridized carbons (Fsp3) is 0.556. The molecule has 2 unspecified atom stereocenters. The van der Waals surface area contributed by atoms with Crippen LogP contribution >= 0.6 is 0 Å². The van der Waals surface area contributed by atoms with Crippen molar-refractivity contribution in [3.63, 3.8) is 0 Å². The Bertz CT molecular complexity index is 633. The van der Waals surface area contributed by atoms with Gasteiger partial charge in [0.2, 0.25) is 0 Å². The maximum atomic E-state index is 12.2. The monoisotopic (exact) mass is 332 g/mol. The summed E-state index contributed by atoms with van der Waals surface area (Å²) in [5.41, 5.74) is 1.64. The molecule has 2 aliphatic rings. The molecule has 24 heavy (non-hydrogen) atoms. The first-order valence-corrected chi connectivity index (χ1v) is 8.19. The molecule has 0 N–H and O–H groups in total. The second-order valence-corrected chi connectivity index (χ2v) is 7.24. The van der Waals surface area contributed by atoms with E-state index >= 15 is 0 Å². The second kappa shape index (κ2) is 6.34. The summed E-state index contributed by atoms with van der Waals surface area (Å²) < 4.78 is 10.6. The van der Waals surface area contributed by atoms with Crippen LogP contribution < -0.4 is 4.74 Å². The third-order valence-corrected chi connectivity index (χ3v) is 4.20. The summed E-state index contributed by atoms with van der Waals surface area (Å²) in [6, 6.07) is 7.92. The van der Waals surface area contributed by atoms with Gasteiger partial charge >= 0.3 is 6.09 Å². The first-order valence-electron chi connectivity index (χ1n) is 8.19. The number of likely N-dealkylation sites (tertiary alicyclic amines) is 1. The molecule has 1 fully saturated rings. The summed E-state index contributed by atoms with van der Waals surface area (Å²) in [6.07, 6.45) is 0.364. The summed E-state index contributed by atoms with van der Waals surface area (Å²) in [6.45, 7) is 6.72. The van der Waals surface area contributed by atoms with Crippen molar-refractivity contribution < 1.29 is 19.1 Å². The van der Waals surface area contributed by atoms with E-state index in [0.29, 0.717) is 19.5 Å². The molecular formula is C18H24N2O4. The number of amides is 1. The average molecular weight is 332 g/mol. The van der Waals surface area contributed by atoms with Crippen molar-refractivity contribution in [2.75, 3.05) is 20.2 Å². The Morgan fingerprint density at radius 3 is 2.62 bits per heavy atom. The molecule has 0 bridgehead atoms. The van der Waals surface area contributed by atoms with Crippen LogP contribution in [0.25, 0.3) is 0 Å². The van der Waals surface area contributed by atoms with Gasteiger partial charge in [-0.1, -0.05) is 17.3 Å². The number of hydrogen-bond donors (Lipinski definition) is 0. The van der Waals surface area contributed by atoms with Gasteiger partial charge in [-0.2, -0.15) is 0 Å². The van der Waals surface area contributed by atoms with Crippen LogP contribution in [0.3, 0.4) is 0 Å². The van der Waals surface area contributed by atoms with E-state index in [1.54, 1.807) is 12.0 Å².